The number of nitrogens with zero attached hydrogens (tertiary/aromatic N) is 1. The molecule has 0 spiro atoms. The van der Waals surface area contributed by atoms with Crippen LogP contribution < -0.4 is 5.32 Å². The van der Waals surface area contributed by atoms with Gasteiger partial charge in [-0.1, -0.05) is 12.1 Å². The minimum atomic E-state index is -1.10. The van der Waals surface area contributed by atoms with E-state index < -0.39 is 17.0 Å². The standard InChI is InChI=1S/C17H22F2N2O/c1-16(2,12-5-3-6-13(18)14(12)19)15(22)20-17(7-8-17)11-21-9-4-10-21/h3,5-6H,4,7-11H2,1-2H3,(H,20,22). The predicted molar refractivity (Wildman–Crippen MR) is 80.5 cm³/mol. The minimum Gasteiger partial charge on any atom is -0.349 e. The molecule has 0 bridgehead atoms. The van der Waals surface area contributed by atoms with E-state index in [1.807, 2.05) is 0 Å². The predicted octanol–water partition coefficient (Wildman–Crippen LogP) is 2.60. The molecule has 1 heterocycles. The number of carbonyl (C=O) groups excluding carboxylic acids is 1. The Morgan fingerprint density at radius 1 is 1.32 bits per heavy atom. The van der Waals surface area contributed by atoms with Gasteiger partial charge in [-0.3, -0.25) is 4.79 Å². The molecule has 1 aliphatic heterocycles. The molecule has 1 N–H and O–H groups in total. The highest BCUT2D eigenvalue weighted by molar-refractivity contribution is 5.88. The number of benzene rings is 1. The molecule has 1 saturated carbocycles. The Kier molecular flexibility index (Phi) is 3.71. The average molecular weight is 308 g/mol. The van der Waals surface area contributed by atoms with Gasteiger partial charge in [0, 0.05) is 12.1 Å². The molecule has 1 saturated heterocycles. The molecule has 5 heteroatoms. The van der Waals surface area contributed by atoms with Crippen LogP contribution in [-0.4, -0.2) is 36.0 Å². The molecule has 3 rings (SSSR count). The molecule has 3 nitrogen and oxygen atoms in total. The van der Waals surface area contributed by atoms with Crippen molar-refractivity contribution >= 4 is 5.91 Å². The number of hydrogen-bond donors (Lipinski definition) is 1. The second-order valence-electron chi connectivity index (χ2n) is 7.09. The third-order valence-electron chi connectivity index (χ3n) is 4.90. The molecule has 120 valence electrons. The topological polar surface area (TPSA) is 32.3 Å². The second-order valence-corrected chi connectivity index (χ2v) is 7.09. The molecule has 2 aliphatic rings. The van der Waals surface area contributed by atoms with E-state index in [1.165, 1.54) is 18.6 Å². The van der Waals surface area contributed by atoms with Gasteiger partial charge in [-0.15, -0.1) is 0 Å². The van der Waals surface area contributed by atoms with Crippen LogP contribution in [0.5, 0.6) is 0 Å². The molecule has 0 aromatic heterocycles. The molecule has 1 amide bonds. The first-order chi connectivity index (χ1) is 10.3. The van der Waals surface area contributed by atoms with Crippen LogP contribution in [0.15, 0.2) is 18.2 Å². The highest BCUT2D eigenvalue weighted by atomic mass is 19.2. The zero-order valence-corrected chi connectivity index (χ0v) is 13.1. The quantitative estimate of drug-likeness (QED) is 0.907. The molecule has 2 fully saturated rings. The van der Waals surface area contributed by atoms with Gasteiger partial charge in [-0.25, -0.2) is 8.78 Å². The maximum atomic E-state index is 14.0. The molecule has 1 aromatic carbocycles. The van der Waals surface area contributed by atoms with E-state index in [1.54, 1.807) is 13.8 Å². The number of hydrogen-bond acceptors (Lipinski definition) is 2. The van der Waals surface area contributed by atoms with Crippen LogP contribution in [0, 0.1) is 11.6 Å². The van der Waals surface area contributed by atoms with Crippen molar-refractivity contribution in [1.29, 1.82) is 0 Å². The second kappa shape index (κ2) is 5.30. The summed E-state index contributed by atoms with van der Waals surface area (Å²) in [4.78, 5) is 15.0. The Hall–Kier alpha value is -1.49. The van der Waals surface area contributed by atoms with Gasteiger partial charge in [0.1, 0.15) is 0 Å². The Balaban J connectivity index is 1.74. The van der Waals surface area contributed by atoms with Crippen molar-refractivity contribution in [3.05, 3.63) is 35.4 Å². The normalized spacial score (nSPS) is 20.4. The minimum absolute atomic E-state index is 0.102. The van der Waals surface area contributed by atoms with Gasteiger partial charge in [0.2, 0.25) is 5.91 Å². The molecule has 0 radical (unpaired) electrons. The smallest absolute Gasteiger partial charge is 0.230 e. The van der Waals surface area contributed by atoms with Crippen LogP contribution in [0.2, 0.25) is 0 Å². The fourth-order valence-electron chi connectivity index (χ4n) is 2.95. The lowest BCUT2D eigenvalue weighted by atomic mass is 9.83. The van der Waals surface area contributed by atoms with Crippen molar-refractivity contribution in [2.75, 3.05) is 19.6 Å². The molecular formula is C17H22F2N2O. The SMILES string of the molecule is CC(C)(C(=O)NC1(CN2CCC2)CC1)c1cccc(F)c1F. The van der Waals surface area contributed by atoms with Crippen molar-refractivity contribution < 1.29 is 13.6 Å². The monoisotopic (exact) mass is 308 g/mol. The van der Waals surface area contributed by atoms with E-state index in [2.05, 4.69) is 10.2 Å². The van der Waals surface area contributed by atoms with Gasteiger partial charge in [0.05, 0.1) is 11.0 Å². The molecular weight excluding hydrogens is 286 g/mol. The van der Waals surface area contributed by atoms with E-state index in [0.717, 1.165) is 38.5 Å². The Bertz CT molecular complexity index is 592. The van der Waals surface area contributed by atoms with Gasteiger partial charge in [0.25, 0.3) is 0 Å². The summed E-state index contributed by atoms with van der Waals surface area (Å²) in [5, 5.41) is 3.08. The van der Waals surface area contributed by atoms with Crippen LogP contribution >= 0.6 is 0 Å². The van der Waals surface area contributed by atoms with Gasteiger partial charge in [0.15, 0.2) is 11.6 Å². The summed E-state index contributed by atoms with van der Waals surface area (Å²) in [5.41, 5.74) is -1.17. The lowest BCUT2D eigenvalue weighted by Crippen LogP contribution is -2.53. The average Bonchev–Trinajstić information content (AvgIpc) is 3.17. The summed E-state index contributed by atoms with van der Waals surface area (Å²) in [6.45, 7) is 6.30. The Morgan fingerprint density at radius 3 is 2.55 bits per heavy atom. The van der Waals surface area contributed by atoms with Crippen molar-refractivity contribution in [3.63, 3.8) is 0 Å². The van der Waals surface area contributed by atoms with Crippen molar-refractivity contribution in [2.45, 2.75) is 44.1 Å². The zero-order chi connectivity index (χ0) is 16.0. The molecule has 22 heavy (non-hydrogen) atoms. The van der Waals surface area contributed by atoms with E-state index in [0.29, 0.717) is 0 Å². The fourth-order valence-corrected chi connectivity index (χ4v) is 2.95. The first-order valence-electron chi connectivity index (χ1n) is 7.84. The number of likely N-dealkylation sites (tertiary alicyclic amines) is 1. The number of nitrogens with one attached hydrogen (secondary N) is 1. The van der Waals surface area contributed by atoms with Gasteiger partial charge in [-0.05, 0) is 52.3 Å². The van der Waals surface area contributed by atoms with E-state index in [-0.39, 0.29) is 17.0 Å². The van der Waals surface area contributed by atoms with Crippen molar-refractivity contribution in [1.82, 2.24) is 10.2 Å². The molecule has 0 unspecified atom stereocenters. The third kappa shape index (κ3) is 2.74. The molecule has 1 aromatic rings. The van der Waals surface area contributed by atoms with Crippen LogP contribution in [0.1, 0.15) is 38.7 Å². The maximum absolute atomic E-state index is 14.0. The van der Waals surface area contributed by atoms with E-state index in [9.17, 15) is 13.6 Å². The summed E-state index contributed by atoms with van der Waals surface area (Å²) in [6, 6.07) is 3.99. The van der Waals surface area contributed by atoms with Crippen LogP contribution in [-0.2, 0) is 10.2 Å². The highest BCUT2D eigenvalue weighted by Crippen LogP contribution is 2.39. The number of halogens is 2. The van der Waals surface area contributed by atoms with Gasteiger partial charge in [-0.2, -0.15) is 0 Å². The van der Waals surface area contributed by atoms with Crippen LogP contribution in [0.25, 0.3) is 0 Å². The Labute approximate surface area is 129 Å². The summed E-state index contributed by atoms with van der Waals surface area (Å²) in [6.07, 6.45) is 3.12. The third-order valence-corrected chi connectivity index (χ3v) is 4.90. The summed E-state index contributed by atoms with van der Waals surface area (Å²) in [5.74, 6) is -2.09. The number of carbonyl (C=O) groups is 1. The molecule has 1 aliphatic carbocycles. The maximum Gasteiger partial charge on any atom is 0.230 e. The summed E-state index contributed by atoms with van der Waals surface area (Å²) in [7, 11) is 0. The van der Waals surface area contributed by atoms with Crippen LogP contribution in [0.3, 0.4) is 0 Å². The van der Waals surface area contributed by atoms with Gasteiger partial charge >= 0.3 is 0 Å². The number of rotatable bonds is 5. The largest absolute Gasteiger partial charge is 0.349 e. The van der Waals surface area contributed by atoms with Crippen LogP contribution in [0.4, 0.5) is 8.78 Å². The lowest BCUT2D eigenvalue weighted by Gasteiger charge is -2.36. The van der Waals surface area contributed by atoms with Crippen molar-refractivity contribution in [3.8, 4) is 0 Å². The lowest BCUT2D eigenvalue weighted by molar-refractivity contribution is -0.127. The first-order valence-corrected chi connectivity index (χ1v) is 7.84. The van der Waals surface area contributed by atoms with E-state index >= 15 is 0 Å². The molecule has 0 atom stereocenters. The Morgan fingerprint density at radius 2 is 2.00 bits per heavy atom. The zero-order valence-electron chi connectivity index (χ0n) is 13.1. The van der Waals surface area contributed by atoms with Gasteiger partial charge < -0.3 is 10.2 Å². The summed E-state index contributed by atoms with van der Waals surface area (Å²) < 4.78 is 27.5. The number of amides is 1. The summed E-state index contributed by atoms with van der Waals surface area (Å²) >= 11 is 0. The van der Waals surface area contributed by atoms with Crippen molar-refractivity contribution in [2.24, 2.45) is 0 Å². The fraction of sp³-hybridized carbons (Fsp3) is 0.588. The highest BCUT2D eigenvalue weighted by Gasteiger charge is 2.48. The van der Waals surface area contributed by atoms with E-state index in [4.69, 9.17) is 0 Å². The first kappa shape index (κ1) is 15.4.